The third-order valence-electron chi connectivity index (χ3n) is 8.56. The summed E-state index contributed by atoms with van der Waals surface area (Å²) in [5.74, 6) is -3.66. The highest BCUT2D eigenvalue weighted by Crippen LogP contribution is 2.63. The van der Waals surface area contributed by atoms with Crippen LogP contribution < -0.4 is 14.2 Å². The summed E-state index contributed by atoms with van der Waals surface area (Å²) in [6, 6.07) is 2.85. The summed E-state index contributed by atoms with van der Waals surface area (Å²) < 4.78 is 116. The number of benzene rings is 2. The summed E-state index contributed by atoms with van der Waals surface area (Å²) in [7, 11) is -10.6. The van der Waals surface area contributed by atoms with Gasteiger partial charge in [-0.3, -0.25) is 9.35 Å². The normalized spacial score (nSPS) is 24.5. The molecular weight excluding hydrogens is 1260 g/mol. The summed E-state index contributed by atoms with van der Waals surface area (Å²) in [6.45, 7) is -0.724. The number of rotatable bonds is 9. The van der Waals surface area contributed by atoms with Gasteiger partial charge < -0.3 is 14.2 Å². The molecule has 1 amide bonds. The molecule has 2 aromatic rings. The second kappa shape index (κ2) is 14.5. The van der Waals surface area contributed by atoms with E-state index in [2.05, 4.69) is 47.8 Å². The molecular formula is C27H20Br3F3I3NO11S2. The molecule has 12 nitrogen and oxygen atoms in total. The van der Waals surface area contributed by atoms with E-state index in [1.165, 1.54) is 16.9 Å². The maximum absolute atomic E-state index is 13.8. The number of ether oxygens (including phenoxy) is 3. The quantitative estimate of drug-likeness (QED) is 0.110. The Morgan fingerprint density at radius 2 is 1.54 bits per heavy atom. The molecule has 2 N–H and O–H groups in total. The van der Waals surface area contributed by atoms with E-state index in [1.807, 2.05) is 22.6 Å². The number of hydrogen-bond donors (Lipinski definition) is 2. The van der Waals surface area contributed by atoms with Gasteiger partial charge in [0.05, 0.1) is 27.1 Å². The molecule has 0 radical (unpaired) electrons. The molecule has 50 heavy (non-hydrogen) atoms. The highest BCUT2D eigenvalue weighted by molar-refractivity contribution is 14.1. The average molecular weight is 1280 g/mol. The van der Waals surface area contributed by atoms with Gasteiger partial charge in [0, 0.05) is 14.5 Å². The van der Waals surface area contributed by atoms with Gasteiger partial charge in [-0.2, -0.15) is 30.0 Å². The molecule has 4 fully saturated rings. The molecule has 4 aliphatic carbocycles. The van der Waals surface area contributed by atoms with Crippen molar-refractivity contribution in [2.45, 2.75) is 54.5 Å². The number of nitrogens with one attached hydrogen (secondary N) is 1. The molecule has 4 bridgehead atoms. The number of carbonyl (C=O) groups is 3. The molecule has 4 aliphatic rings. The van der Waals surface area contributed by atoms with Crippen molar-refractivity contribution in [3.63, 3.8) is 0 Å². The van der Waals surface area contributed by atoms with Gasteiger partial charge in [0.2, 0.25) is 5.91 Å². The van der Waals surface area contributed by atoms with Crippen molar-refractivity contribution >= 4 is 154 Å². The first-order valence-electron chi connectivity index (χ1n) is 13.9. The van der Waals surface area contributed by atoms with E-state index in [4.69, 9.17) is 14.2 Å². The van der Waals surface area contributed by atoms with E-state index < -0.39 is 66.0 Å². The lowest BCUT2D eigenvalue weighted by molar-refractivity contribution is -0.178. The van der Waals surface area contributed by atoms with E-state index in [0.29, 0.717) is 22.8 Å². The summed E-state index contributed by atoms with van der Waals surface area (Å²) >= 11 is 15.2. The molecule has 2 atom stereocenters. The first-order chi connectivity index (χ1) is 22.9. The van der Waals surface area contributed by atoms with E-state index in [-0.39, 0.29) is 68.7 Å². The fourth-order valence-electron chi connectivity index (χ4n) is 7.15. The van der Waals surface area contributed by atoms with Crippen LogP contribution in [0.3, 0.4) is 0 Å². The van der Waals surface area contributed by atoms with Crippen LogP contribution >= 0.6 is 116 Å². The van der Waals surface area contributed by atoms with Crippen molar-refractivity contribution in [1.82, 2.24) is 4.72 Å². The summed E-state index contributed by atoms with van der Waals surface area (Å²) in [4.78, 5) is 39.4. The van der Waals surface area contributed by atoms with E-state index >= 15 is 0 Å². The standard InChI is InChI=1S/C27H20Br3F3I3NO11S2/c28-12-2-13(29)20(46-8-16(38)47-21-14(34)3-15(35)22(19(21)36)49(41,42)43)18(30)17(12)23(39)48-26-6-10-1-11(7-26)5-25(4-10,9-26)24(40)37-50(44,45)27(31,32)33/h2-3,10-11H,1,4-9H2,(H,37,40)(H,41,42,43). The second-order valence-electron chi connectivity index (χ2n) is 12.1. The van der Waals surface area contributed by atoms with E-state index in [9.17, 15) is 48.9 Å². The minimum atomic E-state index is -5.95. The van der Waals surface area contributed by atoms with Crippen molar-refractivity contribution in [2.75, 3.05) is 6.61 Å². The van der Waals surface area contributed by atoms with Gasteiger partial charge in [0.1, 0.15) is 16.2 Å². The van der Waals surface area contributed by atoms with Gasteiger partial charge in [-0.05, 0) is 172 Å². The second-order valence-corrected chi connectivity index (χ2v) is 21.0. The van der Waals surface area contributed by atoms with Crippen molar-refractivity contribution < 1.29 is 63.2 Å². The van der Waals surface area contributed by atoms with Crippen LogP contribution in [0.15, 0.2) is 30.4 Å². The predicted molar refractivity (Wildman–Crippen MR) is 203 cm³/mol. The Bertz CT molecular complexity index is 2040. The molecule has 23 heteroatoms. The molecule has 4 saturated carbocycles. The summed E-state index contributed by atoms with van der Waals surface area (Å²) in [6.07, 6.45) is 1.43. The van der Waals surface area contributed by atoms with Crippen LogP contribution in [0.2, 0.25) is 0 Å². The van der Waals surface area contributed by atoms with Crippen LogP contribution in [0, 0.1) is 28.0 Å². The lowest BCUT2D eigenvalue weighted by atomic mass is 9.47. The van der Waals surface area contributed by atoms with Crippen molar-refractivity contribution in [2.24, 2.45) is 17.3 Å². The minimum absolute atomic E-state index is 0.0264. The number of amides is 1. The number of esters is 2. The van der Waals surface area contributed by atoms with Gasteiger partial charge in [-0.25, -0.2) is 14.3 Å². The maximum Gasteiger partial charge on any atom is 0.516 e. The third-order valence-corrected chi connectivity index (χ3v) is 15.9. The lowest BCUT2D eigenvalue weighted by Gasteiger charge is -2.60. The SMILES string of the molecule is O=C(COc1c(Br)cc(Br)c(C(=O)OC23CC4CC(C2)CC(C(=O)NS(=O)(=O)C(F)(F)F)(C4)C3)c1Br)Oc1c(I)cc(I)c(S(=O)(=O)O)c1I. The molecule has 0 saturated heterocycles. The summed E-state index contributed by atoms with van der Waals surface area (Å²) in [5.41, 5.74) is -8.51. The Hall–Kier alpha value is -0.0700. The lowest BCUT2D eigenvalue weighted by Crippen LogP contribution is -2.62. The van der Waals surface area contributed by atoms with Gasteiger partial charge >= 0.3 is 27.5 Å². The van der Waals surface area contributed by atoms with Crippen LogP contribution in [0.25, 0.3) is 0 Å². The van der Waals surface area contributed by atoms with Gasteiger partial charge in [-0.1, -0.05) is 0 Å². The molecule has 6 rings (SSSR count). The Labute approximate surface area is 349 Å². The first-order valence-corrected chi connectivity index (χ1v) is 22.5. The van der Waals surface area contributed by atoms with Gasteiger partial charge in [-0.15, -0.1) is 0 Å². The van der Waals surface area contributed by atoms with Crippen molar-refractivity contribution in [3.8, 4) is 11.5 Å². The molecule has 2 unspecified atom stereocenters. The first kappa shape index (κ1) is 41.1. The molecule has 2 aromatic carbocycles. The molecule has 0 spiro atoms. The Morgan fingerprint density at radius 3 is 2.10 bits per heavy atom. The largest absolute Gasteiger partial charge is 0.516 e. The molecule has 0 aliphatic heterocycles. The Morgan fingerprint density at radius 1 is 0.940 bits per heavy atom. The zero-order valence-corrected chi connectivity index (χ0v) is 37.4. The average Bonchev–Trinajstić information content (AvgIpc) is 2.92. The highest BCUT2D eigenvalue weighted by atomic mass is 127. The van der Waals surface area contributed by atoms with Crippen LogP contribution in [0.1, 0.15) is 48.9 Å². The van der Waals surface area contributed by atoms with Crippen LogP contribution in [0.4, 0.5) is 13.2 Å². The number of hydrogen-bond acceptors (Lipinski definition) is 10. The fraction of sp³-hybridized carbons (Fsp3) is 0.444. The zero-order chi connectivity index (χ0) is 37.4. The van der Waals surface area contributed by atoms with E-state index in [0.717, 1.165) is 0 Å². The van der Waals surface area contributed by atoms with Crippen LogP contribution in [-0.2, 0) is 34.5 Å². The van der Waals surface area contributed by atoms with E-state index in [1.54, 1.807) is 45.2 Å². The van der Waals surface area contributed by atoms with Crippen LogP contribution in [-0.4, -0.2) is 57.0 Å². The Kier molecular flexibility index (Phi) is 12.0. The van der Waals surface area contributed by atoms with Crippen molar-refractivity contribution in [3.05, 3.63) is 41.8 Å². The highest BCUT2D eigenvalue weighted by Gasteiger charge is 2.63. The van der Waals surface area contributed by atoms with Gasteiger partial charge in [0.25, 0.3) is 10.1 Å². The smallest absolute Gasteiger partial charge is 0.479 e. The maximum atomic E-state index is 13.8. The zero-order valence-electron chi connectivity index (χ0n) is 24.5. The third kappa shape index (κ3) is 8.13. The molecule has 0 heterocycles. The number of halogens is 9. The number of carbonyl (C=O) groups excluding carboxylic acids is 3. The number of sulfonamides is 1. The molecule has 274 valence electrons. The Balaban J connectivity index is 1.36. The van der Waals surface area contributed by atoms with Gasteiger partial charge in [0.15, 0.2) is 12.4 Å². The summed E-state index contributed by atoms with van der Waals surface area (Å²) in [5, 5.41) is 0. The molecule has 0 aromatic heterocycles. The minimum Gasteiger partial charge on any atom is -0.479 e. The predicted octanol–water partition coefficient (Wildman–Crippen LogP) is 7.48. The van der Waals surface area contributed by atoms with Crippen molar-refractivity contribution in [1.29, 1.82) is 0 Å². The van der Waals surface area contributed by atoms with Crippen LogP contribution in [0.5, 0.6) is 11.5 Å². The fourth-order valence-corrected chi connectivity index (χ4v) is 16.3. The monoisotopic (exact) mass is 1270 g/mol. The topological polar surface area (TPSA) is 179 Å². The number of alkyl halides is 3.